The molecule has 0 bridgehead atoms. The van der Waals surface area contributed by atoms with Crippen molar-refractivity contribution < 1.29 is 14.3 Å². The fourth-order valence-electron chi connectivity index (χ4n) is 1.47. The molecule has 1 aromatic carbocycles. The predicted molar refractivity (Wildman–Crippen MR) is 60.2 cm³/mol. The van der Waals surface area contributed by atoms with Gasteiger partial charge in [-0.15, -0.1) is 0 Å². The molecule has 0 radical (unpaired) electrons. The molecule has 1 aliphatic heterocycles. The maximum absolute atomic E-state index is 11.4. The molecule has 1 aliphatic rings. The number of rotatable bonds is 2. The van der Waals surface area contributed by atoms with Gasteiger partial charge in [0.2, 0.25) is 0 Å². The lowest BCUT2D eigenvalue weighted by molar-refractivity contribution is 0.0932. The van der Waals surface area contributed by atoms with Gasteiger partial charge in [0.25, 0.3) is 0 Å². The SMILES string of the molecule is Nc1ccc(NC(=O)O[C@H]2CCOC2)cc1. The summed E-state index contributed by atoms with van der Waals surface area (Å²) in [6.07, 6.45) is 0.170. The van der Waals surface area contributed by atoms with Crippen molar-refractivity contribution in [1.29, 1.82) is 0 Å². The van der Waals surface area contributed by atoms with Gasteiger partial charge in [0.05, 0.1) is 13.2 Å². The molecule has 0 unspecified atom stereocenters. The van der Waals surface area contributed by atoms with Crippen molar-refractivity contribution in [3.8, 4) is 0 Å². The lowest BCUT2D eigenvalue weighted by atomic mass is 10.3. The zero-order valence-corrected chi connectivity index (χ0v) is 8.81. The predicted octanol–water partition coefficient (Wildman–Crippen LogP) is 1.61. The molecule has 2 rings (SSSR count). The lowest BCUT2D eigenvalue weighted by Crippen LogP contribution is -2.22. The molecule has 0 saturated carbocycles. The Kier molecular flexibility index (Phi) is 3.26. The number of amides is 1. The van der Waals surface area contributed by atoms with Crippen LogP contribution < -0.4 is 11.1 Å². The van der Waals surface area contributed by atoms with Crippen molar-refractivity contribution in [2.24, 2.45) is 0 Å². The smallest absolute Gasteiger partial charge is 0.411 e. The zero-order valence-electron chi connectivity index (χ0n) is 8.81. The minimum absolute atomic E-state index is 0.131. The van der Waals surface area contributed by atoms with E-state index in [1.54, 1.807) is 24.3 Å². The highest BCUT2D eigenvalue weighted by Crippen LogP contribution is 2.13. The largest absolute Gasteiger partial charge is 0.443 e. The Morgan fingerprint density at radius 2 is 2.19 bits per heavy atom. The van der Waals surface area contributed by atoms with Crippen molar-refractivity contribution in [3.63, 3.8) is 0 Å². The highest BCUT2D eigenvalue weighted by atomic mass is 16.6. The third kappa shape index (κ3) is 2.87. The van der Waals surface area contributed by atoms with Gasteiger partial charge in [-0.3, -0.25) is 5.32 Å². The van der Waals surface area contributed by atoms with Crippen LogP contribution in [0, 0.1) is 0 Å². The number of nitrogens with two attached hydrogens (primary N) is 1. The molecule has 1 atom stereocenters. The molecule has 1 heterocycles. The second-order valence-corrected chi connectivity index (χ2v) is 3.64. The van der Waals surface area contributed by atoms with Gasteiger partial charge in [0.15, 0.2) is 0 Å². The van der Waals surface area contributed by atoms with E-state index in [0.717, 1.165) is 6.42 Å². The number of hydrogen-bond donors (Lipinski definition) is 2. The Balaban J connectivity index is 1.84. The summed E-state index contributed by atoms with van der Waals surface area (Å²) >= 11 is 0. The molecule has 5 heteroatoms. The molecule has 0 aliphatic carbocycles. The standard InChI is InChI=1S/C11H14N2O3/c12-8-1-3-9(4-2-8)13-11(14)16-10-5-6-15-7-10/h1-4,10H,5-7,12H2,(H,13,14)/t10-/m0/s1. The van der Waals surface area contributed by atoms with Gasteiger partial charge >= 0.3 is 6.09 Å². The van der Waals surface area contributed by atoms with Crippen LogP contribution in [0.5, 0.6) is 0 Å². The van der Waals surface area contributed by atoms with Crippen LogP contribution in [0.4, 0.5) is 16.2 Å². The summed E-state index contributed by atoms with van der Waals surface area (Å²) in [4.78, 5) is 11.4. The summed E-state index contributed by atoms with van der Waals surface area (Å²) in [5, 5.41) is 2.62. The second kappa shape index (κ2) is 4.85. The fraction of sp³-hybridized carbons (Fsp3) is 0.364. The van der Waals surface area contributed by atoms with Gasteiger partial charge in [0, 0.05) is 17.8 Å². The third-order valence-electron chi connectivity index (χ3n) is 2.32. The number of carbonyl (C=O) groups excluding carboxylic acids is 1. The summed E-state index contributed by atoms with van der Waals surface area (Å²) in [6.45, 7) is 1.13. The van der Waals surface area contributed by atoms with Crippen LogP contribution in [0.2, 0.25) is 0 Å². The number of carbonyl (C=O) groups is 1. The van der Waals surface area contributed by atoms with Crippen LogP contribution in [0.1, 0.15) is 6.42 Å². The van der Waals surface area contributed by atoms with Gasteiger partial charge in [0.1, 0.15) is 6.10 Å². The average Bonchev–Trinajstić information content (AvgIpc) is 2.74. The van der Waals surface area contributed by atoms with Gasteiger partial charge in [-0.25, -0.2) is 4.79 Å². The summed E-state index contributed by atoms with van der Waals surface area (Å²) in [5.74, 6) is 0. The Hall–Kier alpha value is -1.75. The highest BCUT2D eigenvalue weighted by Gasteiger charge is 2.19. The molecule has 86 valence electrons. The molecule has 1 amide bonds. The monoisotopic (exact) mass is 222 g/mol. The molecule has 1 aromatic rings. The number of nitrogen functional groups attached to an aromatic ring is 1. The van der Waals surface area contributed by atoms with Crippen LogP contribution >= 0.6 is 0 Å². The molecular formula is C11H14N2O3. The zero-order chi connectivity index (χ0) is 11.4. The van der Waals surface area contributed by atoms with Crippen molar-refractivity contribution >= 4 is 17.5 Å². The summed E-state index contributed by atoms with van der Waals surface area (Å²) < 4.78 is 10.2. The highest BCUT2D eigenvalue weighted by molar-refractivity contribution is 5.84. The van der Waals surface area contributed by atoms with Crippen LogP contribution in [0.15, 0.2) is 24.3 Å². The number of benzene rings is 1. The Morgan fingerprint density at radius 1 is 1.44 bits per heavy atom. The molecule has 3 N–H and O–H groups in total. The molecular weight excluding hydrogens is 208 g/mol. The summed E-state index contributed by atoms with van der Waals surface area (Å²) in [7, 11) is 0. The van der Waals surface area contributed by atoms with Crippen molar-refractivity contribution in [3.05, 3.63) is 24.3 Å². The van der Waals surface area contributed by atoms with Crippen molar-refractivity contribution in [2.45, 2.75) is 12.5 Å². The Labute approximate surface area is 93.5 Å². The van der Waals surface area contributed by atoms with Crippen LogP contribution in [-0.2, 0) is 9.47 Å². The first-order valence-electron chi connectivity index (χ1n) is 5.15. The van der Waals surface area contributed by atoms with E-state index >= 15 is 0 Å². The number of ether oxygens (including phenoxy) is 2. The fourth-order valence-corrected chi connectivity index (χ4v) is 1.47. The molecule has 0 spiro atoms. The van der Waals surface area contributed by atoms with Gasteiger partial charge in [-0.2, -0.15) is 0 Å². The third-order valence-corrected chi connectivity index (χ3v) is 2.32. The normalized spacial score (nSPS) is 19.4. The van der Waals surface area contributed by atoms with E-state index in [2.05, 4.69) is 5.32 Å². The quantitative estimate of drug-likeness (QED) is 0.745. The van der Waals surface area contributed by atoms with Gasteiger partial charge < -0.3 is 15.2 Å². The minimum atomic E-state index is -0.458. The van der Waals surface area contributed by atoms with Crippen LogP contribution in [0.3, 0.4) is 0 Å². The van der Waals surface area contributed by atoms with Crippen LogP contribution in [-0.4, -0.2) is 25.4 Å². The molecule has 1 fully saturated rings. The Morgan fingerprint density at radius 3 is 2.81 bits per heavy atom. The first-order valence-corrected chi connectivity index (χ1v) is 5.15. The van der Waals surface area contributed by atoms with E-state index in [-0.39, 0.29) is 6.10 Å². The number of nitrogens with one attached hydrogen (secondary N) is 1. The summed E-state index contributed by atoms with van der Waals surface area (Å²) in [6, 6.07) is 6.88. The number of hydrogen-bond acceptors (Lipinski definition) is 4. The number of anilines is 2. The lowest BCUT2D eigenvalue weighted by Gasteiger charge is -2.11. The van der Waals surface area contributed by atoms with E-state index < -0.39 is 6.09 Å². The van der Waals surface area contributed by atoms with E-state index in [0.29, 0.717) is 24.6 Å². The average molecular weight is 222 g/mol. The first-order chi connectivity index (χ1) is 7.74. The van der Waals surface area contributed by atoms with Crippen molar-refractivity contribution in [2.75, 3.05) is 24.3 Å². The van der Waals surface area contributed by atoms with Crippen LogP contribution in [0.25, 0.3) is 0 Å². The maximum Gasteiger partial charge on any atom is 0.411 e. The second-order valence-electron chi connectivity index (χ2n) is 3.64. The topological polar surface area (TPSA) is 73.6 Å². The summed E-state index contributed by atoms with van der Waals surface area (Å²) in [5.41, 5.74) is 6.85. The maximum atomic E-state index is 11.4. The van der Waals surface area contributed by atoms with Gasteiger partial charge in [-0.1, -0.05) is 0 Å². The first kappa shape index (κ1) is 10.8. The van der Waals surface area contributed by atoms with Crippen molar-refractivity contribution in [1.82, 2.24) is 0 Å². The minimum Gasteiger partial charge on any atom is -0.443 e. The molecule has 16 heavy (non-hydrogen) atoms. The molecule has 5 nitrogen and oxygen atoms in total. The van der Waals surface area contributed by atoms with E-state index in [1.807, 2.05) is 0 Å². The Bertz CT molecular complexity index is 358. The molecule has 1 saturated heterocycles. The van der Waals surface area contributed by atoms with Gasteiger partial charge in [-0.05, 0) is 24.3 Å². The van der Waals surface area contributed by atoms with E-state index in [9.17, 15) is 4.79 Å². The van der Waals surface area contributed by atoms with E-state index in [1.165, 1.54) is 0 Å². The van der Waals surface area contributed by atoms with E-state index in [4.69, 9.17) is 15.2 Å². The molecule has 0 aromatic heterocycles.